The highest BCUT2D eigenvalue weighted by Gasteiger charge is 2.20. The number of aromatic nitrogens is 4. The summed E-state index contributed by atoms with van der Waals surface area (Å²) in [5.74, 6) is -0.0202. The fourth-order valence-electron chi connectivity index (χ4n) is 4.84. The van der Waals surface area contributed by atoms with E-state index >= 15 is 0 Å². The van der Waals surface area contributed by atoms with Crippen molar-refractivity contribution in [1.82, 2.24) is 19.1 Å². The predicted molar refractivity (Wildman–Crippen MR) is 161 cm³/mol. The third-order valence-electron chi connectivity index (χ3n) is 7.14. The first-order chi connectivity index (χ1) is 20.1. The van der Waals surface area contributed by atoms with Crippen molar-refractivity contribution in [3.63, 3.8) is 0 Å². The van der Waals surface area contributed by atoms with Crippen molar-refractivity contribution >= 4 is 26.9 Å². The number of sulfonamides is 1. The summed E-state index contributed by atoms with van der Waals surface area (Å²) in [5, 5.41) is 0. The van der Waals surface area contributed by atoms with Crippen molar-refractivity contribution in [2.75, 3.05) is 4.72 Å². The van der Waals surface area contributed by atoms with Gasteiger partial charge in [-0.1, -0.05) is 55.8 Å². The van der Waals surface area contributed by atoms with E-state index in [9.17, 15) is 22.4 Å². The van der Waals surface area contributed by atoms with Crippen LogP contribution < -0.4 is 16.0 Å². The van der Waals surface area contributed by atoms with Gasteiger partial charge in [0.15, 0.2) is 5.65 Å². The van der Waals surface area contributed by atoms with Crippen LogP contribution >= 0.6 is 0 Å². The first-order valence-corrected chi connectivity index (χ1v) is 15.2. The smallest absolute Gasteiger partial charge is 0.333 e. The fraction of sp³-hybridized carbons (Fsp3) is 0.258. The second kappa shape index (κ2) is 11.8. The minimum atomic E-state index is -3.77. The number of anilines is 1. The standard InChI is InChI=1S/C31H32FN5O4S/c1-4-5-16-36-29-28(30(38)37(31(36)39)19-23-8-6-7-9-25(23)32)33-27(34-29)18-22-12-14-24(15-13-22)35-42(40,41)26-17-20(2)10-11-21(26)3/h6-15,17,35H,4-5,16,18-19H2,1-3H3,(H,33,34). The van der Waals surface area contributed by atoms with Gasteiger partial charge in [0.05, 0.1) is 11.4 Å². The number of unbranched alkanes of at least 4 members (excludes halogenated alkanes) is 1. The first kappa shape index (κ1) is 29.0. The molecule has 2 heterocycles. The number of aromatic amines is 1. The fourth-order valence-corrected chi connectivity index (χ4v) is 6.23. The molecule has 0 saturated carbocycles. The lowest BCUT2D eigenvalue weighted by molar-refractivity contribution is 0.553. The first-order valence-electron chi connectivity index (χ1n) is 13.7. The molecule has 11 heteroatoms. The lowest BCUT2D eigenvalue weighted by atomic mass is 10.1. The number of benzene rings is 3. The Bertz CT molecular complexity index is 1990. The predicted octanol–water partition coefficient (Wildman–Crippen LogP) is 4.88. The minimum absolute atomic E-state index is 0.176. The van der Waals surface area contributed by atoms with Gasteiger partial charge in [-0.3, -0.25) is 18.7 Å². The highest BCUT2D eigenvalue weighted by atomic mass is 32.2. The monoisotopic (exact) mass is 589 g/mol. The van der Waals surface area contributed by atoms with E-state index in [0.29, 0.717) is 36.5 Å². The van der Waals surface area contributed by atoms with Gasteiger partial charge in [0.1, 0.15) is 17.2 Å². The van der Waals surface area contributed by atoms with Crippen LogP contribution in [-0.4, -0.2) is 27.5 Å². The Morgan fingerprint density at radius 3 is 2.43 bits per heavy atom. The topological polar surface area (TPSA) is 119 Å². The second-order valence-electron chi connectivity index (χ2n) is 10.4. The summed E-state index contributed by atoms with van der Waals surface area (Å²) in [6, 6.07) is 18.2. The second-order valence-corrected chi connectivity index (χ2v) is 12.1. The maximum atomic E-state index is 14.4. The van der Waals surface area contributed by atoms with E-state index in [1.54, 1.807) is 61.5 Å². The van der Waals surface area contributed by atoms with Gasteiger partial charge in [-0.15, -0.1) is 0 Å². The molecule has 0 fully saturated rings. The van der Waals surface area contributed by atoms with Crippen molar-refractivity contribution in [3.8, 4) is 0 Å². The van der Waals surface area contributed by atoms with Crippen LogP contribution in [0.3, 0.4) is 0 Å². The van der Waals surface area contributed by atoms with Gasteiger partial charge >= 0.3 is 5.69 Å². The number of hydrogen-bond donors (Lipinski definition) is 2. The highest BCUT2D eigenvalue weighted by molar-refractivity contribution is 7.92. The Kier molecular flexibility index (Phi) is 8.13. The van der Waals surface area contributed by atoms with Gasteiger partial charge < -0.3 is 4.98 Å². The van der Waals surface area contributed by atoms with Crippen LogP contribution in [0, 0.1) is 19.7 Å². The van der Waals surface area contributed by atoms with Gasteiger partial charge in [0.25, 0.3) is 15.6 Å². The van der Waals surface area contributed by atoms with Crippen LogP contribution in [0.15, 0.2) is 81.2 Å². The minimum Gasteiger partial charge on any atom is -0.336 e. The number of aryl methyl sites for hydroxylation is 3. The molecule has 2 N–H and O–H groups in total. The molecule has 3 aromatic carbocycles. The number of nitrogens with zero attached hydrogens (tertiary/aromatic N) is 3. The van der Waals surface area contributed by atoms with E-state index in [1.807, 2.05) is 19.9 Å². The highest BCUT2D eigenvalue weighted by Crippen LogP contribution is 2.22. The number of imidazole rings is 1. The van der Waals surface area contributed by atoms with Crippen molar-refractivity contribution in [2.24, 2.45) is 0 Å². The van der Waals surface area contributed by atoms with Gasteiger partial charge in [0.2, 0.25) is 0 Å². The third-order valence-corrected chi connectivity index (χ3v) is 8.67. The molecule has 0 saturated heterocycles. The Hall–Kier alpha value is -4.51. The Balaban J connectivity index is 1.44. The molecule has 0 amide bonds. The molecule has 2 aromatic heterocycles. The Labute approximate surface area is 242 Å². The molecule has 9 nitrogen and oxygen atoms in total. The van der Waals surface area contributed by atoms with Crippen molar-refractivity contribution in [3.05, 3.63) is 121 Å². The molecular weight excluding hydrogens is 557 g/mol. The maximum absolute atomic E-state index is 14.4. The lowest BCUT2D eigenvalue weighted by Gasteiger charge is -2.11. The molecule has 0 aliphatic carbocycles. The third kappa shape index (κ3) is 5.91. The van der Waals surface area contributed by atoms with E-state index in [1.165, 1.54) is 10.6 Å². The molecule has 0 radical (unpaired) electrons. The summed E-state index contributed by atoms with van der Waals surface area (Å²) in [6.07, 6.45) is 1.85. The number of nitrogens with one attached hydrogen (secondary N) is 2. The van der Waals surface area contributed by atoms with E-state index in [2.05, 4.69) is 14.7 Å². The van der Waals surface area contributed by atoms with Crippen molar-refractivity contribution in [1.29, 1.82) is 0 Å². The molecule has 0 atom stereocenters. The van der Waals surface area contributed by atoms with E-state index in [-0.39, 0.29) is 28.2 Å². The zero-order chi connectivity index (χ0) is 30.0. The molecule has 0 spiro atoms. The summed E-state index contributed by atoms with van der Waals surface area (Å²) in [4.78, 5) is 34.7. The summed E-state index contributed by atoms with van der Waals surface area (Å²) < 4.78 is 45.4. The summed E-state index contributed by atoms with van der Waals surface area (Å²) in [7, 11) is -3.77. The maximum Gasteiger partial charge on any atom is 0.333 e. The van der Waals surface area contributed by atoms with E-state index in [0.717, 1.165) is 22.1 Å². The lowest BCUT2D eigenvalue weighted by Crippen LogP contribution is -2.40. The summed E-state index contributed by atoms with van der Waals surface area (Å²) in [5.41, 5.74) is 2.30. The van der Waals surface area contributed by atoms with Crippen LogP contribution in [0.4, 0.5) is 10.1 Å². The van der Waals surface area contributed by atoms with E-state index in [4.69, 9.17) is 0 Å². The number of hydrogen-bond acceptors (Lipinski definition) is 5. The quantitative estimate of drug-likeness (QED) is 0.241. The zero-order valence-corrected chi connectivity index (χ0v) is 24.5. The molecular formula is C31H32FN5O4S. The Morgan fingerprint density at radius 1 is 0.976 bits per heavy atom. The zero-order valence-electron chi connectivity index (χ0n) is 23.6. The van der Waals surface area contributed by atoms with Gasteiger partial charge in [-0.05, 0) is 61.2 Å². The van der Waals surface area contributed by atoms with Crippen LogP contribution in [0.2, 0.25) is 0 Å². The average molecular weight is 590 g/mol. The molecule has 42 heavy (non-hydrogen) atoms. The summed E-state index contributed by atoms with van der Waals surface area (Å²) >= 11 is 0. The van der Waals surface area contributed by atoms with Gasteiger partial charge in [-0.2, -0.15) is 0 Å². The van der Waals surface area contributed by atoms with Crippen LogP contribution in [0.25, 0.3) is 11.2 Å². The largest absolute Gasteiger partial charge is 0.336 e. The number of H-pyrrole nitrogens is 1. The van der Waals surface area contributed by atoms with E-state index < -0.39 is 27.1 Å². The summed E-state index contributed by atoms with van der Waals surface area (Å²) in [6.45, 7) is 5.76. The van der Waals surface area contributed by atoms with Crippen LogP contribution in [0.5, 0.6) is 0 Å². The molecule has 0 aliphatic heterocycles. The molecule has 0 aliphatic rings. The van der Waals surface area contributed by atoms with Gasteiger partial charge in [0, 0.05) is 24.2 Å². The van der Waals surface area contributed by atoms with Crippen LogP contribution in [0.1, 0.15) is 47.8 Å². The Morgan fingerprint density at radius 2 is 1.71 bits per heavy atom. The van der Waals surface area contributed by atoms with Crippen molar-refractivity contribution < 1.29 is 12.8 Å². The molecule has 5 rings (SSSR count). The molecule has 5 aromatic rings. The average Bonchev–Trinajstić information content (AvgIpc) is 3.38. The normalized spacial score (nSPS) is 11.7. The number of rotatable bonds is 10. The number of halogens is 1. The molecule has 0 unspecified atom stereocenters. The van der Waals surface area contributed by atoms with Crippen molar-refractivity contribution in [2.45, 2.75) is 58.0 Å². The SMILES string of the molecule is CCCCn1c(=O)n(Cc2ccccc2F)c(=O)c2[nH]c(Cc3ccc(NS(=O)(=O)c4cc(C)ccc4C)cc3)nc21. The molecule has 0 bridgehead atoms. The molecule has 218 valence electrons. The number of fused-ring (bicyclic) bond motifs is 1. The van der Waals surface area contributed by atoms with Crippen LogP contribution in [-0.2, 0) is 29.5 Å². The van der Waals surface area contributed by atoms with Gasteiger partial charge in [-0.25, -0.2) is 22.6 Å².